The summed E-state index contributed by atoms with van der Waals surface area (Å²) in [5, 5.41) is 26.6. The Balaban J connectivity index is 2.66. The molecule has 0 unspecified atom stereocenters. The minimum atomic E-state index is 0.00122. The molecule has 0 spiro atoms. The fourth-order valence-corrected chi connectivity index (χ4v) is 1.12. The van der Waals surface area contributed by atoms with E-state index in [0.717, 1.165) is 0 Å². The van der Waals surface area contributed by atoms with Crippen LogP contribution >= 0.6 is 0 Å². The van der Waals surface area contributed by atoms with Gasteiger partial charge in [-0.15, -0.1) is 0 Å². The summed E-state index contributed by atoms with van der Waals surface area (Å²) in [4.78, 5) is 3.92. The zero-order valence-electron chi connectivity index (χ0n) is 8.87. The normalized spacial score (nSPS) is 11.2. The Morgan fingerprint density at radius 3 is 2.81 bits per heavy atom. The maximum absolute atomic E-state index is 9.67. The molecule has 0 aromatic heterocycles. The Morgan fingerprint density at radius 1 is 1.44 bits per heavy atom. The predicted molar refractivity (Wildman–Crippen MR) is 57.4 cm³/mol. The number of aliphatic imine (C=N–C) groups is 1. The number of rotatable bonds is 5. The van der Waals surface area contributed by atoms with Crippen LogP contribution in [0, 0.1) is 0 Å². The van der Waals surface area contributed by atoms with E-state index in [-0.39, 0.29) is 24.1 Å². The number of phenolic OH excluding ortho intramolecular Hbond substituents is 1. The van der Waals surface area contributed by atoms with Crippen LogP contribution in [0.3, 0.4) is 0 Å². The summed E-state index contributed by atoms with van der Waals surface area (Å²) < 4.78 is 4.93. The second kappa shape index (κ2) is 6.06. The largest absolute Gasteiger partial charge is 0.504 e. The predicted octanol–water partition coefficient (Wildman–Crippen LogP) is 0.900. The van der Waals surface area contributed by atoms with Crippen LogP contribution in [0.4, 0.5) is 0 Å². The molecular formula is C10H14N2O4. The molecule has 16 heavy (non-hydrogen) atoms. The zero-order chi connectivity index (χ0) is 12.0. The van der Waals surface area contributed by atoms with Crippen molar-refractivity contribution in [3.63, 3.8) is 0 Å². The summed E-state index contributed by atoms with van der Waals surface area (Å²) in [5.74, 6) is 0.383. The molecule has 6 heteroatoms. The highest BCUT2D eigenvalue weighted by Gasteiger charge is 2.04. The molecule has 1 aromatic carbocycles. The number of para-hydroxylation sites is 1. The summed E-state index contributed by atoms with van der Waals surface area (Å²) in [6.45, 7) is 0.213. The van der Waals surface area contributed by atoms with Crippen LogP contribution in [0.15, 0.2) is 23.2 Å². The number of hydrogen-bond acceptors (Lipinski definition) is 6. The van der Waals surface area contributed by atoms with Crippen molar-refractivity contribution >= 4 is 6.21 Å². The first-order chi connectivity index (χ1) is 7.65. The van der Waals surface area contributed by atoms with Crippen LogP contribution in [0.2, 0.25) is 0 Å². The Kier molecular flexibility index (Phi) is 4.71. The van der Waals surface area contributed by atoms with Gasteiger partial charge in [-0.1, -0.05) is 11.3 Å². The monoisotopic (exact) mass is 226 g/mol. The first kappa shape index (κ1) is 12.4. The van der Waals surface area contributed by atoms with Crippen molar-refractivity contribution in [2.75, 3.05) is 20.2 Å². The molecule has 0 fully saturated rings. The molecule has 0 aliphatic rings. The molecule has 1 aromatic rings. The fraction of sp³-hybridized carbons (Fsp3) is 0.300. The molecule has 0 aliphatic heterocycles. The average molecular weight is 226 g/mol. The molecule has 0 radical (unpaired) electrons. The van der Waals surface area contributed by atoms with E-state index >= 15 is 0 Å². The van der Waals surface area contributed by atoms with Gasteiger partial charge in [-0.3, -0.25) is 15.4 Å². The Labute approximate surface area is 93.0 Å². The van der Waals surface area contributed by atoms with Crippen LogP contribution in [-0.4, -0.2) is 47.2 Å². The van der Waals surface area contributed by atoms with Crippen LogP contribution in [0.1, 0.15) is 5.56 Å². The van der Waals surface area contributed by atoms with Crippen molar-refractivity contribution in [2.45, 2.75) is 0 Å². The van der Waals surface area contributed by atoms with Crippen molar-refractivity contribution in [1.29, 1.82) is 0 Å². The number of nitrogens with zero attached hydrogens (tertiary/aromatic N) is 2. The third-order valence-electron chi connectivity index (χ3n) is 1.91. The number of methoxy groups -OCH3 is 1. The smallest absolute Gasteiger partial charge is 0.166 e. The maximum atomic E-state index is 9.67. The molecule has 6 nitrogen and oxygen atoms in total. The van der Waals surface area contributed by atoms with Crippen molar-refractivity contribution in [2.24, 2.45) is 4.99 Å². The molecule has 0 aliphatic carbocycles. The van der Waals surface area contributed by atoms with E-state index in [0.29, 0.717) is 11.3 Å². The molecule has 0 amide bonds. The number of ether oxygens (including phenoxy) is 1. The number of hydrogen-bond donors (Lipinski definition) is 3. The first-order valence-electron chi connectivity index (χ1n) is 4.66. The summed E-state index contributed by atoms with van der Waals surface area (Å²) in [5.41, 5.74) is 0.516. The van der Waals surface area contributed by atoms with Gasteiger partial charge in [-0.05, 0) is 12.1 Å². The summed E-state index contributed by atoms with van der Waals surface area (Å²) in [7, 11) is 1.46. The Bertz CT molecular complexity index is 366. The van der Waals surface area contributed by atoms with E-state index in [1.807, 2.05) is 0 Å². The van der Waals surface area contributed by atoms with Gasteiger partial charge in [0.2, 0.25) is 0 Å². The van der Waals surface area contributed by atoms with Crippen LogP contribution < -0.4 is 4.74 Å². The van der Waals surface area contributed by atoms with Gasteiger partial charge in [0.05, 0.1) is 20.2 Å². The van der Waals surface area contributed by atoms with Crippen LogP contribution in [0.25, 0.3) is 0 Å². The molecule has 0 heterocycles. The lowest BCUT2D eigenvalue weighted by atomic mass is 10.2. The van der Waals surface area contributed by atoms with Gasteiger partial charge in [0.15, 0.2) is 11.5 Å². The fourth-order valence-electron chi connectivity index (χ4n) is 1.12. The lowest BCUT2D eigenvalue weighted by molar-refractivity contribution is -0.304. The van der Waals surface area contributed by atoms with Gasteiger partial charge >= 0.3 is 0 Å². The van der Waals surface area contributed by atoms with Crippen LogP contribution in [0.5, 0.6) is 11.5 Å². The standard InChI is InChI=1S/C10H14N2O4/c1-16-9-4-2-3-8(10(9)13)7-11-5-6-12(14)15/h2-4,7,13-15H,5-6H2,1H3. The quantitative estimate of drug-likeness (QED) is 0.513. The lowest BCUT2D eigenvalue weighted by Gasteiger charge is -2.05. The SMILES string of the molecule is COc1cccc(C=NCCN(O)O)c1O. The highest BCUT2D eigenvalue weighted by Crippen LogP contribution is 2.27. The number of phenols is 1. The van der Waals surface area contributed by atoms with E-state index in [1.165, 1.54) is 13.3 Å². The van der Waals surface area contributed by atoms with Gasteiger partial charge in [-0.2, -0.15) is 0 Å². The summed E-state index contributed by atoms with van der Waals surface area (Å²) in [6, 6.07) is 5.04. The van der Waals surface area contributed by atoms with Crippen molar-refractivity contribution in [3.8, 4) is 11.5 Å². The van der Waals surface area contributed by atoms with Gasteiger partial charge in [0, 0.05) is 11.8 Å². The molecular weight excluding hydrogens is 212 g/mol. The molecule has 0 bridgehead atoms. The van der Waals surface area contributed by atoms with Gasteiger partial charge in [-0.25, -0.2) is 0 Å². The summed E-state index contributed by atoms with van der Waals surface area (Å²) >= 11 is 0. The average Bonchev–Trinajstić information content (AvgIpc) is 2.26. The first-order valence-corrected chi connectivity index (χ1v) is 4.66. The van der Waals surface area contributed by atoms with E-state index in [9.17, 15) is 5.11 Å². The zero-order valence-corrected chi connectivity index (χ0v) is 8.87. The molecule has 3 N–H and O–H groups in total. The molecule has 0 saturated heterocycles. The minimum Gasteiger partial charge on any atom is -0.504 e. The van der Waals surface area contributed by atoms with Crippen molar-refractivity contribution in [1.82, 2.24) is 5.23 Å². The van der Waals surface area contributed by atoms with Gasteiger partial charge < -0.3 is 9.84 Å². The molecule has 1 rings (SSSR count). The maximum Gasteiger partial charge on any atom is 0.166 e. The Morgan fingerprint density at radius 2 is 2.19 bits per heavy atom. The van der Waals surface area contributed by atoms with E-state index in [4.69, 9.17) is 15.2 Å². The van der Waals surface area contributed by atoms with Gasteiger partial charge in [0.1, 0.15) is 0 Å². The molecule has 0 saturated carbocycles. The molecule has 0 atom stereocenters. The number of benzene rings is 1. The third-order valence-corrected chi connectivity index (χ3v) is 1.91. The highest BCUT2D eigenvalue weighted by atomic mass is 16.8. The second-order valence-corrected chi connectivity index (χ2v) is 3.03. The Hall–Kier alpha value is -1.63. The number of hydroxylamine groups is 2. The van der Waals surface area contributed by atoms with Gasteiger partial charge in [0.25, 0.3) is 0 Å². The molecule has 88 valence electrons. The number of aromatic hydroxyl groups is 1. The third kappa shape index (κ3) is 3.50. The minimum absolute atomic E-state index is 0.00122. The van der Waals surface area contributed by atoms with Crippen LogP contribution in [-0.2, 0) is 0 Å². The topological polar surface area (TPSA) is 85.5 Å². The lowest BCUT2D eigenvalue weighted by Crippen LogP contribution is -2.17. The van der Waals surface area contributed by atoms with E-state index in [1.54, 1.807) is 18.2 Å². The highest BCUT2D eigenvalue weighted by molar-refractivity contribution is 5.84. The van der Waals surface area contributed by atoms with E-state index in [2.05, 4.69) is 4.99 Å². The summed E-state index contributed by atoms with van der Waals surface area (Å²) in [6.07, 6.45) is 1.45. The van der Waals surface area contributed by atoms with E-state index < -0.39 is 0 Å². The van der Waals surface area contributed by atoms with Crippen molar-refractivity contribution in [3.05, 3.63) is 23.8 Å². The van der Waals surface area contributed by atoms with Crippen molar-refractivity contribution < 1.29 is 20.3 Å². The second-order valence-electron chi connectivity index (χ2n) is 3.03.